The second kappa shape index (κ2) is 3.81. The quantitative estimate of drug-likeness (QED) is 0.611. The van der Waals surface area contributed by atoms with E-state index in [2.05, 4.69) is 13.0 Å². The molecule has 0 unspecified atom stereocenters. The lowest BCUT2D eigenvalue weighted by Gasteiger charge is -2.30. The summed E-state index contributed by atoms with van der Waals surface area (Å²) in [5.74, 6) is -0.225. The van der Waals surface area contributed by atoms with Crippen LogP contribution in [0.4, 0.5) is 0 Å². The summed E-state index contributed by atoms with van der Waals surface area (Å²) in [7, 11) is 0. The summed E-state index contributed by atoms with van der Waals surface area (Å²) >= 11 is 0. The highest BCUT2D eigenvalue weighted by Crippen LogP contribution is 2.35. The Kier molecular flexibility index (Phi) is 2.70. The molecule has 1 saturated heterocycles. The average molecular weight is 182 g/mol. The Morgan fingerprint density at radius 1 is 1.38 bits per heavy atom. The van der Waals surface area contributed by atoms with Crippen LogP contribution in [0.1, 0.15) is 39.0 Å². The van der Waals surface area contributed by atoms with Crippen molar-refractivity contribution < 1.29 is 9.47 Å². The van der Waals surface area contributed by atoms with Gasteiger partial charge in [0.15, 0.2) is 5.79 Å². The summed E-state index contributed by atoms with van der Waals surface area (Å²) in [4.78, 5) is 0. The Morgan fingerprint density at radius 2 is 2.15 bits per heavy atom. The first kappa shape index (κ1) is 9.22. The Morgan fingerprint density at radius 3 is 2.69 bits per heavy atom. The fourth-order valence-corrected chi connectivity index (χ4v) is 2.16. The largest absolute Gasteiger partial charge is 0.347 e. The Labute approximate surface area is 79.9 Å². The SMILES string of the molecule is CCCC1=CCC2(CC1)OCCO2. The van der Waals surface area contributed by atoms with E-state index in [0.717, 1.165) is 32.5 Å². The molecule has 0 N–H and O–H groups in total. The van der Waals surface area contributed by atoms with Gasteiger partial charge in [0.25, 0.3) is 0 Å². The maximum atomic E-state index is 5.64. The van der Waals surface area contributed by atoms with Gasteiger partial charge in [-0.15, -0.1) is 0 Å². The third-order valence-electron chi connectivity index (χ3n) is 2.91. The lowest BCUT2D eigenvalue weighted by molar-refractivity contribution is -0.161. The lowest BCUT2D eigenvalue weighted by Crippen LogP contribution is -2.31. The van der Waals surface area contributed by atoms with Crippen LogP contribution < -0.4 is 0 Å². The predicted molar refractivity (Wildman–Crippen MR) is 51.5 cm³/mol. The Balaban J connectivity index is 1.94. The predicted octanol–water partition coefficient (Wildman–Crippen LogP) is 2.64. The van der Waals surface area contributed by atoms with Crippen molar-refractivity contribution in [3.63, 3.8) is 0 Å². The summed E-state index contributed by atoms with van der Waals surface area (Å²) < 4.78 is 11.3. The molecule has 1 aliphatic carbocycles. The molecule has 0 aromatic heterocycles. The van der Waals surface area contributed by atoms with Crippen molar-refractivity contribution in [3.8, 4) is 0 Å². The van der Waals surface area contributed by atoms with Crippen LogP contribution in [-0.2, 0) is 9.47 Å². The smallest absolute Gasteiger partial charge is 0.172 e. The molecule has 74 valence electrons. The van der Waals surface area contributed by atoms with E-state index in [9.17, 15) is 0 Å². The molecule has 0 bridgehead atoms. The van der Waals surface area contributed by atoms with Crippen LogP contribution in [0.15, 0.2) is 11.6 Å². The van der Waals surface area contributed by atoms with Crippen LogP contribution >= 0.6 is 0 Å². The Hall–Kier alpha value is -0.340. The highest BCUT2D eigenvalue weighted by atomic mass is 16.7. The first-order chi connectivity index (χ1) is 6.35. The molecule has 0 aromatic carbocycles. The van der Waals surface area contributed by atoms with E-state index < -0.39 is 0 Å². The molecule has 2 nitrogen and oxygen atoms in total. The van der Waals surface area contributed by atoms with Gasteiger partial charge in [-0.3, -0.25) is 0 Å². The fourth-order valence-electron chi connectivity index (χ4n) is 2.16. The average Bonchev–Trinajstić information content (AvgIpc) is 2.59. The van der Waals surface area contributed by atoms with Gasteiger partial charge in [0.2, 0.25) is 0 Å². The second-order valence-electron chi connectivity index (χ2n) is 3.92. The van der Waals surface area contributed by atoms with Crippen molar-refractivity contribution in [1.82, 2.24) is 0 Å². The summed E-state index contributed by atoms with van der Waals surface area (Å²) in [5, 5.41) is 0. The highest BCUT2D eigenvalue weighted by Gasteiger charge is 2.37. The van der Waals surface area contributed by atoms with Crippen molar-refractivity contribution >= 4 is 0 Å². The molecule has 0 amide bonds. The number of hydrogen-bond acceptors (Lipinski definition) is 2. The normalized spacial score (nSPS) is 26.4. The molecule has 0 aromatic rings. The molecule has 0 saturated carbocycles. The van der Waals surface area contributed by atoms with Crippen LogP contribution in [0.2, 0.25) is 0 Å². The summed E-state index contributed by atoms with van der Waals surface area (Å²) in [6.45, 7) is 3.78. The first-order valence-corrected chi connectivity index (χ1v) is 5.30. The van der Waals surface area contributed by atoms with Gasteiger partial charge in [-0.25, -0.2) is 0 Å². The summed E-state index contributed by atoms with van der Waals surface area (Å²) in [5.41, 5.74) is 1.59. The second-order valence-corrected chi connectivity index (χ2v) is 3.92. The fraction of sp³-hybridized carbons (Fsp3) is 0.818. The summed E-state index contributed by atoms with van der Waals surface area (Å²) in [6, 6.07) is 0. The van der Waals surface area contributed by atoms with Gasteiger partial charge in [-0.1, -0.05) is 25.0 Å². The maximum Gasteiger partial charge on any atom is 0.172 e. The third-order valence-corrected chi connectivity index (χ3v) is 2.91. The van der Waals surface area contributed by atoms with Gasteiger partial charge in [0, 0.05) is 12.8 Å². The monoisotopic (exact) mass is 182 g/mol. The van der Waals surface area contributed by atoms with E-state index in [1.165, 1.54) is 12.8 Å². The molecule has 2 aliphatic rings. The van der Waals surface area contributed by atoms with Crippen molar-refractivity contribution in [3.05, 3.63) is 11.6 Å². The minimum absolute atomic E-state index is 0.225. The molecule has 1 fully saturated rings. The first-order valence-electron chi connectivity index (χ1n) is 5.30. The van der Waals surface area contributed by atoms with E-state index >= 15 is 0 Å². The number of rotatable bonds is 2. The zero-order chi connectivity index (χ0) is 9.15. The van der Waals surface area contributed by atoms with Crippen LogP contribution in [0.25, 0.3) is 0 Å². The highest BCUT2D eigenvalue weighted by molar-refractivity contribution is 5.09. The van der Waals surface area contributed by atoms with Crippen molar-refractivity contribution in [2.24, 2.45) is 0 Å². The van der Waals surface area contributed by atoms with Gasteiger partial charge in [0.05, 0.1) is 13.2 Å². The molecule has 1 heterocycles. The van der Waals surface area contributed by atoms with Gasteiger partial charge in [0.1, 0.15) is 0 Å². The summed E-state index contributed by atoms with van der Waals surface area (Å²) in [6.07, 6.45) is 7.99. The third kappa shape index (κ3) is 1.94. The van der Waals surface area contributed by atoms with Crippen LogP contribution in [0, 0.1) is 0 Å². The minimum Gasteiger partial charge on any atom is -0.347 e. The standard InChI is InChI=1S/C11H18O2/c1-2-3-10-4-6-11(7-5-10)12-8-9-13-11/h4H,2-3,5-9H2,1H3. The van der Waals surface area contributed by atoms with Gasteiger partial charge >= 0.3 is 0 Å². The molecular formula is C11H18O2. The zero-order valence-corrected chi connectivity index (χ0v) is 8.34. The van der Waals surface area contributed by atoms with Gasteiger partial charge in [-0.2, -0.15) is 0 Å². The van der Waals surface area contributed by atoms with E-state index in [4.69, 9.17) is 9.47 Å². The topological polar surface area (TPSA) is 18.5 Å². The number of allylic oxidation sites excluding steroid dienone is 1. The van der Waals surface area contributed by atoms with Gasteiger partial charge < -0.3 is 9.47 Å². The zero-order valence-electron chi connectivity index (χ0n) is 8.34. The molecule has 0 radical (unpaired) electrons. The van der Waals surface area contributed by atoms with E-state index in [1.54, 1.807) is 5.57 Å². The van der Waals surface area contributed by atoms with Crippen molar-refractivity contribution in [2.45, 2.75) is 44.8 Å². The van der Waals surface area contributed by atoms with Crippen LogP contribution in [0.5, 0.6) is 0 Å². The van der Waals surface area contributed by atoms with E-state index in [0.29, 0.717) is 0 Å². The number of hydrogen-bond donors (Lipinski definition) is 0. The molecular weight excluding hydrogens is 164 g/mol. The lowest BCUT2D eigenvalue weighted by atomic mass is 9.92. The molecule has 13 heavy (non-hydrogen) atoms. The molecule has 1 spiro atoms. The molecule has 2 heteroatoms. The minimum atomic E-state index is -0.225. The van der Waals surface area contributed by atoms with Crippen molar-refractivity contribution in [1.29, 1.82) is 0 Å². The van der Waals surface area contributed by atoms with Crippen LogP contribution in [0.3, 0.4) is 0 Å². The van der Waals surface area contributed by atoms with E-state index in [1.807, 2.05) is 0 Å². The molecule has 2 rings (SSSR count). The maximum absolute atomic E-state index is 5.64. The van der Waals surface area contributed by atoms with Gasteiger partial charge in [-0.05, 0) is 12.8 Å². The molecule has 1 aliphatic heterocycles. The molecule has 0 atom stereocenters. The van der Waals surface area contributed by atoms with E-state index in [-0.39, 0.29) is 5.79 Å². The van der Waals surface area contributed by atoms with Crippen LogP contribution in [-0.4, -0.2) is 19.0 Å². The Bertz CT molecular complexity index is 202. The number of ether oxygens (including phenoxy) is 2. The van der Waals surface area contributed by atoms with Crippen molar-refractivity contribution in [2.75, 3.05) is 13.2 Å².